The van der Waals surface area contributed by atoms with Crippen LogP contribution in [0.3, 0.4) is 0 Å². The molecule has 0 aromatic heterocycles. The second-order valence-corrected chi connectivity index (χ2v) is 4.35. The van der Waals surface area contributed by atoms with Crippen molar-refractivity contribution in [2.45, 2.75) is 44.8 Å². The van der Waals surface area contributed by atoms with Crippen LogP contribution >= 0.6 is 0 Å². The Balaban J connectivity index is 2.54. The molecule has 5 heteroatoms. The first-order chi connectivity index (χ1) is 7.56. The maximum atomic E-state index is 10.8. The van der Waals surface area contributed by atoms with Gasteiger partial charge in [-0.3, -0.25) is 10.1 Å². The average Bonchev–Trinajstić information content (AvgIpc) is 2.67. The standard InChI is InChI=1S/C11H18N2O3/c1-4-16-13-10(7(2)3)8-5-6-9(12-8)11(14)15/h1,7-10,12-13H,5-6H2,2-3H3,(H,14,15)/t8-,9-,10?/m1/s1. The van der Waals surface area contributed by atoms with Crippen LogP contribution in [0.25, 0.3) is 0 Å². The maximum Gasteiger partial charge on any atom is 0.320 e. The zero-order chi connectivity index (χ0) is 12.1. The van der Waals surface area contributed by atoms with Gasteiger partial charge in [-0.2, -0.15) is 0 Å². The highest BCUT2D eigenvalue weighted by molar-refractivity contribution is 5.73. The molecular weight excluding hydrogens is 208 g/mol. The van der Waals surface area contributed by atoms with E-state index in [4.69, 9.17) is 16.4 Å². The fraction of sp³-hybridized carbons (Fsp3) is 0.727. The van der Waals surface area contributed by atoms with Gasteiger partial charge in [-0.1, -0.05) is 20.3 Å². The zero-order valence-electron chi connectivity index (χ0n) is 9.56. The summed E-state index contributed by atoms with van der Waals surface area (Å²) in [5, 5.41) is 12.0. The number of aliphatic carboxylic acids is 1. The molecule has 1 rings (SSSR count). The van der Waals surface area contributed by atoms with E-state index in [-0.39, 0.29) is 12.1 Å². The number of hydrogen-bond acceptors (Lipinski definition) is 4. The molecule has 0 aromatic rings. The molecule has 0 radical (unpaired) electrons. The Morgan fingerprint density at radius 3 is 2.75 bits per heavy atom. The van der Waals surface area contributed by atoms with E-state index in [0.717, 1.165) is 6.42 Å². The molecule has 0 aromatic carbocycles. The fourth-order valence-electron chi connectivity index (χ4n) is 2.03. The minimum Gasteiger partial charge on any atom is -0.480 e. The molecular formula is C11H18N2O3. The predicted octanol–water partition coefficient (Wildman–Crippen LogP) is 0.328. The summed E-state index contributed by atoms with van der Waals surface area (Å²) in [6.07, 6.45) is 8.50. The molecule has 5 nitrogen and oxygen atoms in total. The number of hydrogen-bond donors (Lipinski definition) is 3. The summed E-state index contributed by atoms with van der Waals surface area (Å²) >= 11 is 0. The number of nitrogens with one attached hydrogen (secondary N) is 2. The van der Waals surface area contributed by atoms with Gasteiger partial charge in [-0.15, -0.1) is 5.48 Å². The van der Waals surface area contributed by atoms with E-state index in [1.807, 2.05) is 13.8 Å². The van der Waals surface area contributed by atoms with E-state index in [2.05, 4.69) is 16.9 Å². The first kappa shape index (κ1) is 12.8. The van der Waals surface area contributed by atoms with Crippen LogP contribution in [-0.4, -0.2) is 29.2 Å². The number of hydroxylamine groups is 1. The van der Waals surface area contributed by atoms with Gasteiger partial charge in [-0.25, -0.2) is 0 Å². The molecule has 90 valence electrons. The molecule has 1 aliphatic rings. The molecule has 0 aliphatic carbocycles. The lowest BCUT2D eigenvalue weighted by Crippen LogP contribution is -2.50. The number of carboxylic acid groups (broad SMARTS) is 1. The van der Waals surface area contributed by atoms with Crippen molar-refractivity contribution in [1.82, 2.24) is 10.8 Å². The Hall–Kier alpha value is -1.25. The van der Waals surface area contributed by atoms with Gasteiger partial charge in [0.15, 0.2) is 0 Å². The molecule has 1 fully saturated rings. The Bertz CT molecular complexity index is 285. The third kappa shape index (κ3) is 3.12. The van der Waals surface area contributed by atoms with Crippen LogP contribution in [0.2, 0.25) is 0 Å². The monoisotopic (exact) mass is 226 g/mol. The molecule has 1 aliphatic heterocycles. The van der Waals surface area contributed by atoms with Gasteiger partial charge in [0.25, 0.3) is 0 Å². The largest absolute Gasteiger partial charge is 0.480 e. The summed E-state index contributed by atoms with van der Waals surface area (Å²) in [4.78, 5) is 15.6. The summed E-state index contributed by atoms with van der Waals surface area (Å²) in [7, 11) is 0. The molecule has 1 saturated heterocycles. The van der Waals surface area contributed by atoms with E-state index < -0.39 is 12.0 Å². The van der Waals surface area contributed by atoms with Crippen molar-refractivity contribution >= 4 is 5.97 Å². The van der Waals surface area contributed by atoms with E-state index in [1.165, 1.54) is 0 Å². The van der Waals surface area contributed by atoms with Crippen molar-refractivity contribution in [3.63, 3.8) is 0 Å². The van der Waals surface area contributed by atoms with E-state index in [9.17, 15) is 4.79 Å². The molecule has 0 amide bonds. The van der Waals surface area contributed by atoms with Gasteiger partial charge < -0.3 is 9.94 Å². The van der Waals surface area contributed by atoms with Gasteiger partial charge in [0.2, 0.25) is 0 Å². The van der Waals surface area contributed by atoms with Crippen LogP contribution in [0.5, 0.6) is 0 Å². The minimum atomic E-state index is -0.803. The third-order valence-corrected chi connectivity index (χ3v) is 2.89. The molecule has 16 heavy (non-hydrogen) atoms. The lowest BCUT2D eigenvalue weighted by Gasteiger charge is -2.26. The van der Waals surface area contributed by atoms with Gasteiger partial charge in [0.05, 0.1) is 6.04 Å². The molecule has 1 heterocycles. The fourth-order valence-corrected chi connectivity index (χ4v) is 2.03. The zero-order valence-corrected chi connectivity index (χ0v) is 9.56. The number of rotatable bonds is 5. The van der Waals surface area contributed by atoms with Crippen LogP contribution < -0.4 is 10.8 Å². The topological polar surface area (TPSA) is 70.6 Å². The van der Waals surface area contributed by atoms with Crippen molar-refractivity contribution in [2.75, 3.05) is 0 Å². The van der Waals surface area contributed by atoms with Gasteiger partial charge in [-0.05, 0) is 18.8 Å². The Morgan fingerprint density at radius 1 is 1.62 bits per heavy atom. The van der Waals surface area contributed by atoms with Crippen molar-refractivity contribution in [3.05, 3.63) is 0 Å². The van der Waals surface area contributed by atoms with Crippen LogP contribution in [0.15, 0.2) is 0 Å². The summed E-state index contributed by atoms with van der Waals surface area (Å²) < 4.78 is 0. The van der Waals surface area contributed by atoms with Gasteiger partial charge in [0, 0.05) is 6.04 Å². The second-order valence-electron chi connectivity index (χ2n) is 4.35. The van der Waals surface area contributed by atoms with Crippen LogP contribution in [0, 0.1) is 18.4 Å². The highest BCUT2D eigenvalue weighted by Gasteiger charge is 2.35. The summed E-state index contributed by atoms with van der Waals surface area (Å²) in [5.41, 5.74) is 2.78. The number of carboxylic acids is 1. The quantitative estimate of drug-likeness (QED) is 0.465. The first-order valence-corrected chi connectivity index (χ1v) is 5.42. The summed E-state index contributed by atoms with van der Waals surface area (Å²) in [6.45, 7) is 4.07. The van der Waals surface area contributed by atoms with E-state index >= 15 is 0 Å². The molecule has 1 unspecified atom stereocenters. The van der Waals surface area contributed by atoms with Crippen molar-refractivity contribution in [3.8, 4) is 12.5 Å². The first-order valence-electron chi connectivity index (χ1n) is 5.42. The van der Waals surface area contributed by atoms with Crippen LogP contribution in [0.4, 0.5) is 0 Å². The summed E-state index contributed by atoms with van der Waals surface area (Å²) in [6, 6.07) is -0.367. The highest BCUT2D eigenvalue weighted by Crippen LogP contribution is 2.19. The van der Waals surface area contributed by atoms with E-state index in [0.29, 0.717) is 12.3 Å². The normalized spacial score (nSPS) is 26.4. The summed E-state index contributed by atoms with van der Waals surface area (Å²) in [5.74, 6) is -0.499. The van der Waals surface area contributed by atoms with Gasteiger partial charge in [0.1, 0.15) is 12.1 Å². The van der Waals surface area contributed by atoms with Crippen molar-refractivity contribution < 1.29 is 14.7 Å². The Labute approximate surface area is 95.5 Å². The lowest BCUT2D eigenvalue weighted by molar-refractivity contribution is -0.139. The molecule has 0 spiro atoms. The SMILES string of the molecule is C#CONC(C(C)C)[C@H]1CC[C@H](C(=O)O)N1. The third-order valence-electron chi connectivity index (χ3n) is 2.89. The average molecular weight is 226 g/mol. The second kappa shape index (κ2) is 5.73. The number of terminal acetylenes is 1. The molecule has 3 N–H and O–H groups in total. The predicted molar refractivity (Wildman–Crippen MR) is 59.3 cm³/mol. The van der Waals surface area contributed by atoms with Crippen LogP contribution in [-0.2, 0) is 9.63 Å². The molecule has 0 bridgehead atoms. The van der Waals surface area contributed by atoms with Crippen molar-refractivity contribution in [2.24, 2.45) is 5.92 Å². The Morgan fingerprint density at radius 2 is 2.31 bits per heavy atom. The van der Waals surface area contributed by atoms with E-state index in [1.54, 1.807) is 0 Å². The molecule has 0 saturated carbocycles. The van der Waals surface area contributed by atoms with Crippen molar-refractivity contribution in [1.29, 1.82) is 0 Å². The van der Waals surface area contributed by atoms with Gasteiger partial charge >= 0.3 is 5.97 Å². The molecule has 3 atom stereocenters. The Kier molecular flexibility index (Phi) is 4.59. The smallest absolute Gasteiger partial charge is 0.320 e. The lowest BCUT2D eigenvalue weighted by atomic mass is 9.96. The highest BCUT2D eigenvalue weighted by atomic mass is 16.6. The minimum absolute atomic E-state index is 0.0143. The number of carbonyl (C=O) groups is 1. The maximum absolute atomic E-state index is 10.8. The van der Waals surface area contributed by atoms with Crippen LogP contribution in [0.1, 0.15) is 26.7 Å².